The Bertz CT molecular complexity index is 740. The summed E-state index contributed by atoms with van der Waals surface area (Å²) in [6.07, 6.45) is 0. The van der Waals surface area contributed by atoms with Crippen LogP contribution in [0.15, 0.2) is 42.5 Å². The van der Waals surface area contributed by atoms with Crippen molar-refractivity contribution in [3.63, 3.8) is 0 Å². The minimum absolute atomic E-state index is 0.113. The molecule has 0 radical (unpaired) electrons. The van der Waals surface area contributed by atoms with Gasteiger partial charge in [-0.15, -0.1) is 14.8 Å². The number of hydrogen-bond donors (Lipinski definition) is 2. The molecule has 3 rings (SSSR count). The van der Waals surface area contributed by atoms with Gasteiger partial charge in [0.05, 0.1) is 6.54 Å². The Balaban J connectivity index is 1.51. The Hall–Kier alpha value is -3.03. The van der Waals surface area contributed by atoms with E-state index in [1.54, 1.807) is 12.1 Å². The van der Waals surface area contributed by atoms with Crippen molar-refractivity contribution in [2.24, 2.45) is 0 Å². The first-order valence-electron chi connectivity index (χ1n) is 6.41. The van der Waals surface area contributed by atoms with E-state index in [1.165, 1.54) is 4.63 Å². The van der Waals surface area contributed by atoms with Crippen LogP contribution in [-0.2, 0) is 11.3 Å². The SMILES string of the molecule is O=C(CNc1ccc2nnnn2n1)NCc1ccccc1. The number of carbonyl (C=O) groups excluding carboxylic acids is 1. The third-order valence-electron chi connectivity index (χ3n) is 2.83. The van der Waals surface area contributed by atoms with Gasteiger partial charge >= 0.3 is 0 Å². The number of nitrogens with one attached hydrogen (secondary N) is 2. The predicted molar refractivity (Wildman–Crippen MR) is 75.4 cm³/mol. The first-order valence-corrected chi connectivity index (χ1v) is 6.41. The standard InChI is InChI=1S/C13H13N7O/c21-13(15-8-10-4-2-1-3-5-10)9-14-11-6-7-12-16-18-19-20(12)17-11/h1-7H,8-9H2,(H,14,17)(H,15,21). The first kappa shape index (κ1) is 13.0. The molecule has 3 aromatic rings. The van der Waals surface area contributed by atoms with Crippen molar-refractivity contribution in [3.05, 3.63) is 48.0 Å². The Labute approximate surface area is 120 Å². The molecule has 2 heterocycles. The van der Waals surface area contributed by atoms with E-state index >= 15 is 0 Å². The van der Waals surface area contributed by atoms with Gasteiger partial charge in [-0.05, 0) is 28.1 Å². The Kier molecular flexibility index (Phi) is 3.68. The summed E-state index contributed by atoms with van der Waals surface area (Å²) < 4.78 is 1.30. The Morgan fingerprint density at radius 3 is 2.86 bits per heavy atom. The van der Waals surface area contributed by atoms with Crippen molar-refractivity contribution in [2.45, 2.75) is 6.54 Å². The number of nitrogens with zero attached hydrogens (tertiary/aromatic N) is 5. The number of rotatable bonds is 5. The van der Waals surface area contributed by atoms with Crippen LogP contribution < -0.4 is 10.6 Å². The average Bonchev–Trinajstić information content (AvgIpc) is 2.99. The lowest BCUT2D eigenvalue weighted by atomic mass is 10.2. The van der Waals surface area contributed by atoms with Gasteiger partial charge in [0.15, 0.2) is 5.65 Å². The fraction of sp³-hybridized carbons (Fsp3) is 0.154. The van der Waals surface area contributed by atoms with E-state index in [2.05, 4.69) is 31.3 Å². The molecule has 2 aromatic heterocycles. The van der Waals surface area contributed by atoms with E-state index in [1.807, 2.05) is 30.3 Å². The van der Waals surface area contributed by atoms with Crippen molar-refractivity contribution >= 4 is 17.4 Å². The van der Waals surface area contributed by atoms with E-state index in [0.717, 1.165) is 5.56 Å². The van der Waals surface area contributed by atoms with Crippen LogP contribution >= 0.6 is 0 Å². The van der Waals surface area contributed by atoms with Crippen LogP contribution in [0.25, 0.3) is 5.65 Å². The fourth-order valence-corrected chi connectivity index (χ4v) is 1.77. The van der Waals surface area contributed by atoms with Crippen LogP contribution in [-0.4, -0.2) is 37.7 Å². The third-order valence-corrected chi connectivity index (χ3v) is 2.83. The molecule has 0 bridgehead atoms. The topological polar surface area (TPSA) is 97.1 Å². The molecule has 0 fully saturated rings. The molecule has 0 aliphatic carbocycles. The van der Waals surface area contributed by atoms with Crippen molar-refractivity contribution < 1.29 is 4.79 Å². The molecular weight excluding hydrogens is 270 g/mol. The smallest absolute Gasteiger partial charge is 0.239 e. The zero-order chi connectivity index (χ0) is 14.5. The highest BCUT2D eigenvalue weighted by molar-refractivity contribution is 5.80. The number of hydrogen-bond acceptors (Lipinski definition) is 6. The van der Waals surface area contributed by atoms with E-state index in [0.29, 0.717) is 18.0 Å². The van der Waals surface area contributed by atoms with Gasteiger partial charge in [0.1, 0.15) is 5.82 Å². The summed E-state index contributed by atoms with van der Waals surface area (Å²) in [6.45, 7) is 0.633. The highest BCUT2D eigenvalue weighted by Gasteiger charge is 2.04. The molecule has 8 nitrogen and oxygen atoms in total. The van der Waals surface area contributed by atoms with E-state index in [9.17, 15) is 4.79 Å². The number of tetrazole rings is 1. The number of anilines is 1. The van der Waals surface area contributed by atoms with Crippen LogP contribution in [0.5, 0.6) is 0 Å². The van der Waals surface area contributed by atoms with Crippen molar-refractivity contribution in [1.82, 2.24) is 30.6 Å². The number of amides is 1. The second kappa shape index (κ2) is 5.95. The van der Waals surface area contributed by atoms with E-state index in [4.69, 9.17) is 0 Å². The second-order valence-electron chi connectivity index (χ2n) is 4.36. The van der Waals surface area contributed by atoms with E-state index in [-0.39, 0.29) is 12.5 Å². The molecule has 21 heavy (non-hydrogen) atoms. The van der Waals surface area contributed by atoms with Gasteiger partial charge in [-0.1, -0.05) is 30.3 Å². The van der Waals surface area contributed by atoms with Gasteiger partial charge in [-0.2, -0.15) is 0 Å². The molecule has 0 unspecified atom stereocenters. The highest BCUT2D eigenvalue weighted by Crippen LogP contribution is 2.02. The second-order valence-corrected chi connectivity index (χ2v) is 4.36. The van der Waals surface area contributed by atoms with Gasteiger partial charge in [0.2, 0.25) is 5.91 Å². The summed E-state index contributed by atoms with van der Waals surface area (Å²) in [7, 11) is 0. The molecular formula is C13H13N7O. The molecule has 1 amide bonds. The predicted octanol–water partition coefficient (Wildman–Crippen LogP) is 0.248. The minimum Gasteiger partial charge on any atom is -0.360 e. The average molecular weight is 283 g/mol. The maximum atomic E-state index is 11.8. The Morgan fingerprint density at radius 2 is 2.00 bits per heavy atom. The highest BCUT2D eigenvalue weighted by atomic mass is 16.1. The summed E-state index contributed by atoms with van der Waals surface area (Å²) in [5.41, 5.74) is 1.60. The lowest BCUT2D eigenvalue weighted by Crippen LogP contribution is -2.29. The lowest BCUT2D eigenvalue weighted by molar-refractivity contribution is -0.119. The summed E-state index contributed by atoms with van der Waals surface area (Å²) in [5, 5.41) is 20.8. The van der Waals surface area contributed by atoms with Gasteiger partial charge in [-0.3, -0.25) is 4.79 Å². The van der Waals surface area contributed by atoms with Gasteiger partial charge < -0.3 is 10.6 Å². The number of aromatic nitrogens is 5. The van der Waals surface area contributed by atoms with E-state index < -0.39 is 0 Å². The largest absolute Gasteiger partial charge is 0.360 e. The molecule has 0 aliphatic heterocycles. The quantitative estimate of drug-likeness (QED) is 0.696. The fourth-order valence-electron chi connectivity index (χ4n) is 1.77. The van der Waals surface area contributed by atoms with Crippen molar-refractivity contribution in [1.29, 1.82) is 0 Å². The number of benzene rings is 1. The van der Waals surface area contributed by atoms with Crippen LogP contribution in [0.2, 0.25) is 0 Å². The molecule has 0 spiro atoms. The molecule has 1 aromatic carbocycles. The van der Waals surface area contributed by atoms with Gasteiger partial charge in [0.25, 0.3) is 0 Å². The van der Waals surface area contributed by atoms with Crippen LogP contribution in [0, 0.1) is 0 Å². The molecule has 0 saturated heterocycles. The summed E-state index contributed by atoms with van der Waals surface area (Å²) in [6, 6.07) is 13.2. The molecule has 0 atom stereocenters. The van der Waals surface area contributed by atoms with Crippen molar-refractivity contribution in [3.8, 4) is 0 Å². The maximum Gasteiger partial charge on any atom is 0.239 e. The zero-order valence-corrected chi connectivity index (χ0v) is 11.1. The van der Waals surface area contributed by atoms with Gasteiger partial charge in [0, 0.05) is 6.54 Å². The Morgan fingerprint density at radius 1 is 1.14 bits per heavy atom. The lowest BCUT2D eigenvalue weighted by Gasteiger charge is -2.07. The molecule has 0 saturated carbocycles. The van der Waals surface area contributed by atoms with Crippen LogP contribution in [0.3, 0.4) is 0 Å². The first-order chi connectivity index (χ1) is 10.3. The molecule has 2 N–H and O–H groups in total. The number of fused-ring (bicyclic) bond motifs is 1. The molecule has 0 aliphatic rings. The summed E-state index contributed by atoms with van der Waals surface area (Å²) in [4.78, 5) is 11.8. The van der Waals surface area contributed by atoms with Crippen LogP contribution in [0.4, 0.5) is 5.82 Å². The minimum atomic E-state index is -0.113. The molecule has 106 valence electrons. The summed E-state index contributed by atoms with van der Waals surface area (Å²) >= 11 is 0. The van der Waals surface area contributed by atoms with Crippen LogP contribution in [0.1, 0.15) is 5.56 Å². The van der Waals surface area contributed by atoms with Crippen molar-refractivity contribution in [2.75, 3.05) is 11.9 Å². The summed E-state index contributed by atoms with van der Waals surface area (Å²) in [5.74, 6) is 0.419. The monoisotopic (exact) mass is 283 g/mol. The maximum absolute atomic E-state index is 11.8. The zero-order valence-electron chi connectivity index (χ0n) is 11.1. The van der Waals surface area contributed by atoms with Gasteiger partial charge in [-0.25, -0.2) is 0 Å². The normalized spacial score (nSPS) is 10.5. The molecule has 8 heteroatoms. The number of carbonyl (C=O) groups is 1. The third kappa shape index (κ3) is 3.30.